The number of hydrogen-bond acceptors (Lipinski definition) is 10. The van der Waals surface area contributed by atoms with Crippen molar-refractivity contribution in [1.29, 1.82) is 0 Å². The first-order valence-electron chi connectivity index (χ1n) is 3.84. The molecule has 130 valence electrons. The van der Waals surface area contributed by atoms with Crippen molar-refractivity contribution in [3.05, 3.63) is 0 Å². The Morgan fingerprint density at radius 1 is 1.14 bits per heavy atom. The van der Waals surface area contributed by atoms with E-state index in [0.29, 0.717) is 0 Å². The Labute approximate surface area is 136 Å². The average molecular weight is 476 g/mol. The average Bonchev–Trinajstić information content (AvgIpc) is 2.23. The Morgan fingerprint density at radius 2 is 1.38 bits per heavy atom. The van der Waals surface area contributed by atoms with E-state index < -0.39 is 44.8 Å². The summed E-state index contributed by atoms with van der Waals surface area (Å²) in [6, 6.07) is -0.816. The molecule has 0 aliphatic carbocycles. The van der Waals surface area contributed by atoms with Gasteiger partial charge < -0.3 is 10.8 Å². The Hall–Kier alpha value is 0.539. The van der Waals surface area contributed by atoms with Gasteiger partial charge in [-0.15, -0.1) is 0 Å². The van der Waals surface area contributed by atoms with Gasteiger partial charge in [0.25, 0.3) is 0 Å². The van der Waals surface area contributed by atoms with Gasteiger partial charge in [0, 0.05) is 5.75 Å². The van der Waals surface area contributed by atoms with Crippen LogP contribution < -0.4 is 5.73 Å². The summed E-state index contributed by atoms with van der Waals surface area (Å²) in [7, 11) is -9.54. The molecule has 0 aromatic rings. The first-order valence-corrected chi connectivity index (χ1v) is 12.8. The van der Waals surface area contributed by atoms with Crippen LogP contribution in [0.25, 0.3) is 0 Å². The third kappa shape index (κ3) is 38.5. The number of carbonyl (C=O) groups is 1. The molecule has 21 heavy (non-hydrogen) atoms. The molecule has 0 rings (SSSR count). The zero-order chi connectivity index (χ0) is 17.9. The molecule has 18 heteroatoms. The molecule has 1 unspecified atom stereocenters. The first kappa shape index (κ1) is 26.4. The van der Waals surface area contributed by atoms with Crippen molar-refractivity contribution in [2.24, 2.45) is 5.73 Å². The van der Waals surface area contributed by atoms with Crippen LogP contribution in [0.15, 0.2) is 0 Å². The Balaban J connectivity index is -0.000000256. The molecule has 0 saturated carbocycles. The second kappa shape index (κ2) is 13.0. The molecule has 0 radical (unpaired) electrons. The molecule has 0 bridgehead atoms. The van der Waals surface area contributed by atoms with E-state index in [0.717, 1.165) is 0 Å². The van der Waals surface area contributed by atoms with Crippen LogP contribution in [0.5, 0.6) is 0 Å². The van der Waals surface area contributed by atoms with Crippen LogP contribution in [0, 0.1) is 0 Å². The molecule has 0 saturated heterocycles. The zero-order valence-corrected chi connectivity index (χ0v) is 15.4. The maximum atomic E-state index is 9.80. The molecule has 0 aromatic heterocycles. The third-order valence-electron chi connectivity index (χ3n) is 0.714. The van der Waals surface area contributed by atoms with Crippen molar-refractivity contribution < 1.29 is 48.1 Å². The molecule has 0 fully saturated rings. The summed E-state index contributed by atoms with van der Waals surface area (Å²) in [6.07, 6.45) is 0. The fourth-order valence-corrected chi connectivity index (χ4v) is 5.92. The van der Waals surface area contributed by atoms with Gasteiger partial charge >= 0.3 is 51.0 Å². The monoisotopic (exact) mass is 477 g/mol. The number of hydrogen-bond donors (Lipinski definition) is 7. The number of rotatable bonds is 5. The van der Waals surface area contributed by atoms with Gasteiger partial charge in [-0.25, -0.2) is 0 Å². The number of aliphatic carboxylic acids is 1. The minimum atomic E-state index is -4.42. The summed E-state index contributed by atoms with van der Waals surface area (Å²) in [5, 5.41) is 8.01. The minimum absolute atomic E-state index is 0.190. The molecule has 0 amide bonds. The predicted molar refractivity (Wildman–Crippen MR) is 78.6 cm³/mol. The maximum absolute atomic E-state index is 9.80. The van der Waals surface area contributed by atoms with E-state index in [9.17, 15) is 21.6 Å². The number of carboxylic acids is 1. The normalized spacial score (nSPS) is 12.5. The first-order chi connectivity index (χ1) is 9.12. The summed E-state index contributed by atoms with van der Waals surface area (Å²) in [5.74, 6) is -0.815. The van der Waals surface area contributed by atoms with E-state index in [1.54, 1.807) is 0 Å². The molecular weight excluding hydrogens is 465 g/mol. The number of nitrogens with two attached hydrogens (primary N) is 1. The van der Waals surface area contributed by atoms with E-state index in [1.165, 1.54) is 0 Å². The summed E-state index contributed by atoms with van der Waals surface area (Å²) in [5.41, 5.74) is 4.94. The summed E-state index contributed by atoms with van der Waals surface area (Å²) in [6.45, 7) is 0. The van der Waals surface area contributed by atoms with Crippen LogP contribution >= 0.6 is 32.3 Å². The SMILES string of the molecule is NC(CS)C(=O)O.O=S(=O)(O)SSS(=O)(=O)O.O=[Se](O)O. The van der Waals surface area contributed by atoms with Gasteiger partial charge in [0.15, 0.2) is 0 Å². The van der Waals surface area contributed by atoms with E-state index >= 15 is 0 Å². The van der Waals surface area contributed by atoms with Gasteiger partial charge in [-0.2, -0.15) is 29.5 Å². The Bertz CT molecular complexity index is 478. The van der Waals surface area contributed by atoms with Crippen molar-refractivity contribution in [2.45, 2.75) is 6.04 Å². The third-order valence-corrected chi connectivity index (χ3v) is 7.80. The molecule has 0 spiro atoms. The van der Waals surface area contributed by atoms with Gasteiger partial charge in [-0.1, -0.05) is 0 Å². The fraction of sp³-hybridized carbons (Fsp3) is 0.667. The number of thiol groups is 1. The van der Waals surface area contributed by atoms with Crippen LogP contribution in [0.1, 0.15) is 0 Å². The van der Waals surface area contributed by atoms with Gasteiger partial charge in [0.1, 0.15) is 6.04 Å². The van der Waals surface area contributed by atoms with Crippen molar-refractivity contribution in [3.8, 4) is 0 Å². The quantitative estimate of drug-likeness (QED) is 0.0957. The van der Waals surface area contributed by atoms with Gasteiger partial charge in [0.2, 0.25) is 0 Å². The van der Waals surface area contributed by atoms with E-state index in [1.807, 2.05) is 0 Å². The van der Waals surface area contributed by atoms with Crippen molar-refractivity contribution in [1.82, 2.24) is 0 Å². The molecule has 0 heterocycles. The molecule has 0 aliphatic heterocycles. The molecule has 0 aromatic carbocycles. The van der Waals surface area contributed by atoms with Crippen molar-refractivity contribution in [2.75, 3.05) is 5.75 Å². The Morgan fingerprint density at radius 3 is 1.43 bits per heavy atom. The van der Waals surface area contributed by atoms with Gasteiger partial charge in [-0.05, 0) is 0 Å². The van der Waals surface area contributed by atoms with Crippen molar-refractivity contribution in [3.63, 3.8) is 0 Å². The second-order valence-corrected chi connectivity index (χ2v) is 11.5. The Kier molecular flexibility index (Phi) is 16.4. The van der Waals surface area contributed by atoms with Crippen LogP contribution in [0.3, 0.4) is 0 Å². The van der Waals surface area contributed by atoms with Crippen LogP contribution in [-0.4, -0.2) is 71.7 Å². The zero-order valence-electron chi connectivity index (χ0n) is 9.54. The molecule has 1 atom stereocenters. The standard InChI is InChI=1S/C3H7NO2S.H2O6S4.H2O3Se/c4-2(1-7)3(5)6;1-9(2,3)7-8-10(4,5)6;1-4(2)3/h2,7H,1,4H2,(H,5,6);(H,1,2,3)(H,4,5,6);(H2,1,2,3). The predicted octanol–water partition coefficient (Wildman–Crippen LogP) is -2.31. The molecule has 12 nitrogen and oxygen atoms in total. The molecule has 0 aliphatic rings. The molecule has 7 N–H and O–H groups in total. The summed E-state index contributed by atoms with van der Waals surface area (Å²) < 4.78 is 78.2. The van der Waals surface area contributed by atoms with Gasteiger partial charge in [-0.3, -0.25) is 13.9 Å². The fourth-order valence-electron chi connectivity index (χ4n) is 0.148. The second-order valence-electron chi connectivity index (χ2n) is 2.35. The van der Waals surface area contributed by atoms with Crippen LogP contribution in [-0.2, 0) is 26.9 Å². The van der Waals surface area contributed by atoms with Crippen molar-refractivity contribution >= 4 is 71.0 Å². The topological polar surface area (TPSA) is 230 Å². The van der Waals surface area contributed by atoms with E-state index in [-0.39, 0.29) is 25.4 Å². The van der Waals surface area contributed by atoms with Crippen LogP contribution in [0.4, 0.5) is 0 Å². The summed E-state index contributed by atoms with van der Waals surface area (Å²) >= 11 is 0.357. The van der Waals surface area contributed by atoms with Gasteiger partial charge in [0.05, 0.1) is 19.7 Å². The van der Waals surface area contributed by atoms with E-state index in [2.05, 4.69) is 12.6 Å². The van der Waals surface area contributed by atoms with Crippen LogP contribution in [0.2, 0.25) is 0 Å². The molecular formula is C3H11NO11S5Se. The summed E-state index contributed by atoms with van der Waals surface area (Å²) in [4.78, 5) is 9.76. The number of carboxylic acid groups (broad SMARTS) is 1. The van der Waals surface area contributed by atoms with E-state index in [4.69, 9.17) is 32.2 Å².